The van der Waals surface area contributed by atoms with Crippen LogP contribution in [0.1, 0.15) is 29.0 Å². The Kier molecular flexibility index (Phi) is 7.42. The standard InChI is InChI=1S/C25H29NO6/c1-29-22-8-6-20(7-9-22)21-14-23(25(28)26-10-12-30-13-11-26)32-24(15-21)31-17-19-4-2-18(16-27)3-5-19/h2-9,14,21,24,27H,10-13,15-17H2,1H3/t21-,24+/m1/s1. The summed E-state index contributed by atoms with van der Waals surface area (Å²) in [4.78, 5) is 14.9. The average Bonchev–Trinajstić information content (AvgIpc) is 2.87. The number of rotatable bonds is 7. The molecule has 0 bridgehead atoms. The highest BCUT2D eigenvalue weighted by Gasteiger charge is 2.31. The summed E-state index contributed by atoms with van der Waals surface area (Å²) in [5.74, 6) is 0.956. The summed E-state index contributed by atoms with van der Waals surface area (Å²) in [5.41, 5.74) is 2.90. The zero-order valence-electron chi connectivity index (χ0n) is 18.2. The number of aliphatic hydroxyl groups is 1. The molecule has 1 N–H and O–H groups in total. The molecule has 170 valence electrons. The van der Waals surface area contributed by atoms with Gasteiger partial charge in [-0.2, -0.15) is 0 Å². The molecule has 2 atom stereocenters. The molecule has 0 unspecified atom stereocenters. The number of hydrogen-bond donors (Lipinski definition) is 1. The second-order valence-electron chi connectivity index (χ2n) is 7.88. The third-order valence-electron chi connectivity index (χ3n) is 5.75. The van der Waals surface area contributed by atoms with Crippen molar-refractivity contribution in [1.29, 1.82) is 0 Å². The highest BCUT2D eigenvalue weighted by atomic mass is 16.7. The number of carbonyl (C=O) groups is 1. The van der Waals surface area contributed by atoms with Gasteiger partial charge in [0, 0.05) is 25.4 Å². The van der Waals surface area contributed by atoms with Gasteiger partial charge in [-0.1, -0.05) is 36.4 Å². The molecule has 1 saturated heterocycles. The molecule has 0 aromatic heterocycles. The first kappa shape index (κ1) is 22.3. The molecule has 32 heavy (non-hydrogen) atoms. The highest BCUT2D eigenvalue weighted by Crippen LogP contribution is 2.33. The minimum Gasteiger partial charge on any atom is -0.497 e. The minimum absolute atomic E-state index is 0.00816. The Balaban J connectivity index is 1.50. The largest absolute Gasteiger partial charge is 0.497 e. The normalized spacial score (nSPS) is 20.9. The van der Waals surface area contributed by atoms with Gasteiger partial charge in [0.1, 0.15) is 5.75 Å². The topological polar surface area (TPSA) is 77.5 Å². The molecular weight excluding hydrogens is 410 g/mol. The van der Waals surface area contributed by atoms with Crippen molar-refractivity contribution in [2.45, 2.75) is 31.8 Å². The Morgan fingerprint density at radius 1 is 1.06 bits per heavy atom. The fourth-order valence-electron chi connectivity index (χ4n) is 3.85. The molecule has 0 spiro atoms. The van der Waals surface area contributed by atoms with Crippen molar-refractivity contribution in [3.63, 3.8) is 0 Å². The second kappa shape index (κ2) is 10.6. The molecule has 7 nitrogen and oxygen atoms in total. The smallest absolute Gasteiger partial charge is 0.288 e. The number of benzene rings is 2. The molecule has 7 heteroatoms. The zero-order chi connectivity index (χ0) is 22.3. The number of methoxy groups -OCH3 is 1. The number of ether oxygens (including phenoxy) is 4. The summed E-state index contributed by atoms with van der Waals surface area (Å²) in [6.45, 7) is 2.53. The van der Waals surface area contributed by atoms with Gasteiger partial charge in [0.05, 0.1) is 33.5 Å². The lowest BCUT2D eigenvalue weighted by atomic mass is 9.92. The molecule has 2 heterocycles. The van der Waals surface area contributed by atoms with Gasteiger partial charge in [-0.25, -0.2) is 0 Å². The first-order valence-corrected chi connectivity index (χ1v) is 10.9. The number of aliphatic hydroxyl groups excluding tert-OH is 1. The number of morpholine rings is 1. The van der Waals surface area contributed by atoms with E-state index in [9.17, 15) is 9.90 Å². The first-order valence-electron chi connectivity index (χ1n) is 10.9. The predicted molar refractivity (Wildman–Crippen MR) is 118 cm³/mol. The van der Waals surface area contributed by atoms with Crippen LogP contribution < -0.4 is 4.74 Å². The molecule has 0 saturated carbocycles. The van der Waals surface area contributed by atoms with Crippen molar-refractivity contribution in [3.8, 4) is 5.75 Å². The Morgan fingerprint density at radius 3 is 2.41 bits per heavy atom. The van der Waals surface area contributed by atoms with E-state index >= 15 is 0 Å². The van der Waals surface area contributed by atoms with Crippen molar-refractivity contribution in [1.82, 2.24) is 4.90 Å². The molecule has 1 fully saturated rings. The Bertz CT molecular complexity index is 918. The monoisotopic (exact) mass is 439 g/mol. The van der Waals surface area contributed by atoms with Gasteiger partial charge < -0.3 is 29.0 Å². The predicted octanol–water partition coefficient (Wildman–Crippen LogP) is 2.98. The number of amides is 1. The van der Waals surface area contributed by atoms with Gasteiger partial charge in [-0.3, -0.25) is 4.79 Å². The maximum absolute atomic E-state index is 13.1. The van der Waals surface area contributed by atoms with E-state index in [1.165, 1.54) is 0 Å². The van der Waals surface area contributed by atoms with Crippen molar-refractivity contribution < 1.29 is 28.8 Å². The molecular formula is C25H29NO6. The summed E-state index contributed by atoms with van der Waals surface area (Å²) < 4.78 is 22.7. The maximum atomic E-state index is 13.1. The number of nitrogens with zero attached hydrogens (tertiary/aromatic N) is 1. The minimum atomic E-state index is -0.551. The molecule has 2 aromatic rings. The molecule has 2 aliphatic rings. The van der Waals surface area contributed by atoms with Gasteiger partial charge >= 0.3 is 0 Å². The van der Waals surface area contributed by atoms with E-state index in [1.54, 1.807) is 12.0 Å². The molecule has 2 aliphatic heterocycles. The lowest BCUT2D eigenvalue weighted by molar-refractivity contribution is -0.158. The van der Waals surface area contributed by atoms with E-state index in [0.717, 1.165) is 22.4 Å². The van der Waals surface area contributed by atoms with Crippen LogP contribution in [0, 0.1) is 0 Å². The van der Waals surface area contributed by atoms with Crippen LogP contribution in [-0.2, 0) is 32.2 Å². The average molecular weight is 440 g/mol. The summed E-state index contributed by atoms with van der Waals surface area (Å²) in [7, 11) is 1.64. The van der Waals surface area contributed by atoms with Crippen molar-refractivity contribution in [2.24, 2.45) is 0 Å². The van der Waals surface area contributed by atoms with E-state index in [2.05, 4.69) is 0 Å². The van der Waals surface area contributed by atoms with Crippen LogP contribution in [-0.4, -0.2) is 55.6 Å². The quantitative estimate of drug-likeness (QED) is 0.715. The highest BCUT2D eigenvalue weighted by molar-refractivity contribution is 5.91. The van der Waals surface area contributed by atoms with Crippen molar-refractivity contribution >= 4 is 5.91 Å². The van der Waals surface area contributed by atoms with E-state index < -0.39 is 6.29 Å². The molecule has 1 amide bonds. The summed E-state index contributed by atoms with van der Waals surface area (Å²) in [6.07, 6.45) is 1.95. The van der Waals surface area contributed by atoms with Gasteiger partial charge in [-0.15, -0.1) is 0 Å². The summed E-state index contributed by atoms with van der Waals surface area (Å²) in [5, 5.41) is 9.21. The van der Waals surface area contributed by atoms with Crippen LogP contribution >= 0.6 is 0 Å². The van der Waals surface area contributed by atoms with E-state index in [-0.39, 0.29) is 18.4 Å². The van der Waals surface area contributed by atoms with Gasteiger partial charge in [-0.05, 0) is 34.9 Å². The summed E-state index contributed by atoms with van der Waals surface area (Å²) in [6, 6.07) is 15.4. The van der Waals surface area contributed by atoms with Gasteiger partial charge in [0.2, 0.25) is 6.29 Å². The fourth-order valence-corrected chi connectivity index (χ4v) is 3.85. The molecule has 2 aromatic carbocycles. The summed E-state index contributed by atoms with van der Waals surface area (Å²) >= 11 is 0. The fraction of sp³-hybridized carbons (Fsp3) is 0.400. The maximum Gasteiger partial charge on any atom is 0.288 e. The third-order valence-corrected chi connectivity index (χ3v) is 5.75. The van der Waals surface area contributed by atoms with E-state index in [4.69, 9.17) is 18.9 Å². The third kappa shape index (κ3) is 5.48. The van der Waals surface area contributed by atoms with Gasteiger partial charge in [0.25, 0.3) is 5.91 Å². The lowest BCUT2D eigenvalue weighted by Crippen LogP contribution is -2.43. The van der Waals surface area contributed by atoms with Crippen LogP contribution in [0.2, 0.25) is 0 Å². The zero-order valence-corrected chi connectivity index (χ0v) is 18.2. The Hall–Kier alpha value is -2.87. The van der Waals surface area contributed by atoms with Crippen LogP contribution in [0.4, 0.5) is 0 Å². The number of allylic oxidation sites excluding steroid dienone is 1. The molecule has 4 rings (SSSR count). The number of hydrogen-bond acceptors (Lipinski definition) is 6. The van der Waals surface area contributed by atoms with E-state index in [0.29, 0.717) is 45.1 Å². The van der Waals surface area contributed by atoms with Crippen molar-refractivity contribution in [3.05, 3.63) is 77.1 Å². The Morgan fingerprint density at radius 2 is 1.75 bits per heavy atom. The van der Waals surface area contributed by atoms with Gasteiger partial charge in [0.15, 0.2) is 5.76 Å². The second-order valence-corrected chi connectivity index (χ2v) is 7.88. The van der Waals surface area contributed by atoms with Crippen LogP contribution in [0.3, 0.4) is 0 Å². The molecule has 0 radical (unpaired) electrons. The SMILES string of the molecule is COc1ccc([C@@H]2C=C(C(=O)N3CCOCC3)O[C@H](OCc3ccc(CO)cc3)C2)cc1. The number of carbonyl (C=O) groups excluding carboxylic acids is 1. The lowest BCUT2D eigenvalue weighted by Gasteiger charge is -2.33. The van der Waals surface area contributed by atoms with E-state index in [1.807, 2.05) is 54.6 Å². The van der Waals surface area contributed by atoms with Crippen LogP contribution in [0.5, 0.6) is 5.75 Å². The van der Waals surface area contributed by atoms with Crippen molar-refractivity contribution in [2.75, 3.05) is 33.4 Å². The van der Waals surface area contributed by atoms with Crippen LogP contribution in [0.25, 0.3) is 0 Å². The Labute approximate surface area is 188 Å². The van der Waals surface area contributed by atoms with Crippen LogP contribution in [0.15, 0.2) is 60.4 Å². The molecule has 0 aliphatic carbocycles. The first-order chi connectivity index (χ1) is 15.7.